The van der Waals surface area contributed by atoms with E-state index in [0.717, 1.165) is 24.5 Å². The van der Waals surface area contributed by atoms with Crippen molar-refractivity contribution in [3.8, 4) is 0 Å². The Morgan fingerprint density at radius 1 is 1.12 bits per heavy atom. The summed E-state index contributed by atoms with van der Waals surface area (Å²) in [7, 11) is -4.31. The van der Waals surface area contributed by atoms with Gasteiger partial charge in [-0.15, -0.1) is 0 Å². The first-order chi connectivity index (χ1) is 15.1. The molecule has 1 aromatic carbocycles. The Bertz CT molecular complexity index is 1130. The zero-order valence-corrected chi connectivity index (χ0v) is 19.0. The van der Waals surface area contributed by atoms with Gasteiger partial charge in [-0.2, -0.15) is 26.3 Å². The molecule has 3 atom stereocenters. The Morgan fingerprint density at radius 3 is 2.33 bits per heavy atom. The molecule has 2 heterocycles. The second kappa shape index (κ2) is 8.75. The van der Waals surface area contributed by atoms with Gasteiger partial charge in [-0.25, -0.2) is 8.42 Å². The van der Waals surface area contributed by atoms with E-state index in [4.69, 9.17) is 4.74 Å². The lowest BCUT2D eigenvalue weighted by Crippen LogP contribution is -2.42. The Hall–Kier alpha value is -1.83. The molecule has 0 N–H and O–H groups in total. The van der Waals surface area contributed by atoms with E-state index in [-0.39, 0.29) is 30.0 Å². The minimum absolute atomic E-state index is 0.0622. The van der Waals surface area contributed by atoms with Crippen LogP contribution < -0.4 is 0 Å². The van der Waals surface area contributed by atoms with Gasteiger partial charge in [-0.05, 0) is 49.1 Å². The lowest BCUT2D eigenvalue weighted by Gasteiger charge is -2.37. The molecule has 3 unspecified atom stereocenters. The monoisotopic (exact) mass is 515 g/mol. The largest absolute Gasteiger partial charge is 0.612 e. The number of rotatable bonds is 4. The Kier molecular flexibility index (Phi) is 6.84. The molecule has 0 amide bonds. The molecule has 3 rings (SSSR count). The summed E-state index contributed by atoms with van der Waals surface area (Å²) in [5.74, 6) is 0. The number of hydrogen-bond donors (Lipinski definition) is 0. The molecule has 0 aliphatic carbocycles. The van der Waals surface area contributed by atoms with E-state index >= 15 is 0 Å². The van der Waals surface area contributed by atoms with Gasteiger partial charge in [0.1, 0.15) is 18.1 Å². The average molecular weight is 515 g/mol. The van der Waals surface area contributed by atoms with Crippen LogP contribution in [0.1, 0.15) is 42.7 Å². The molecule has 1 fully saturated rings. The fraction of sp³-hybridized carbons (Fsp3) is 0.450. The van der Waals surface area contributed by atoms with Crippen LogP contribution in [0.2, 0.25) is 0 Å². The molecule has 13 heteroatoms. The van der Waals surface area contributed by atoms with Crippen LogP contribution in [-0.2, 0) is 38.1 Å². The third-order valence-electron chi connectivity index (χ3n) is 5.51. The number of pyridine rings is 1. The molecule has 1 aromatic heterocycles. The minimum Gasteiger partial charge on any atom is -0.612 e. The molecule has 182 valence electrons. The van der Waals surface area contributed by atoms with Crippen molar-refractivity contribution in [3.05, 3.63) is 53.3 Å². The molecule has 0 radical (unpaired) electrons. The quantitative estimate of drug-likeness (QED) is 0.426. The molecule has 1 aliphatic rings. The van der Waals surface area contributed by atoms with Gasteiger partial charge in [0.25, 0.3) is 0 Å². The van der Waals surface area contributed by atoms with Crippen molar-refractivity contribution in [1.29, 1.82) is 0 Å². The summed E-state index contributed by atoms with van der Waals surface area (Å²) in [4.78, 5) is 2.99. The number of ether oxygens (including phenoxy) is 1. The van der Waals surface area contributed by atoms with Crippen LogP contribution in [0.25, 0.3) is 0 Å². The summed E-state index contributed by atoms with van der Waals surface area (Å²) in [5, 5.41) is 0. The number of sulfone groups is 1. The van der Waals surface area contributed by atoms with Gasteiger partial charge in [-0.1, -0.05) is 6.07 Å². The minimum atomic E-state index is -4.74. The van der Waals surface area contributed by atoms with Gasteiger partial charge in [0.2, 0.25) is 0 Å². The fourth-order valence-electron chi connectivity index (χ4n) is 3.60. The van der Waals surface area contributed by atoms with Gasteiger partial charge in [-0.3, -0.25) is 4.98 Å². The van der Waals surface area contributed by atoms with Crippen molar-refractivity contribution < 1.29 is 44.0 Å². The van der Waals surface area contributed by atoms with E-state index in [1.54, 1.807) is 0 Å². The van der Waals surface area contributed by atoms with Crippen LogP contribution in [0.5, 0.6) is 0 Å². The molecule has 1 saturated heterocycles. The van der Waals surface area contributed by atoms with Crippen LogP contribution >= 0.6 is 0 Å². The second-order valence-corrected chi connectivity index (χ2v) is 11.7. The number of nitrogens with zero attached hydrogens (tertiary/aromatic N) is 1. The van der Waals surface area contributed by atoms with E-state index in [0.29, 0.717) is 18.3 Å². The highest BCUT2D eigenvalue weighted by molar-refractivity contribution is 7.92. The first-order valence-electron chi connectivity index (χ1n) is 9.50. The summed E-state index contributed by atoms with van der Waals surface area (Å²) in [5.41, 5.74) is -2.34. The molecule has 0 spiro atoms. The first-order valence-corrected chi connectivity index (χ1v) is 12.5. The van der Waals surface area contributed by atoms with Gasteiger partial charge in [0.05, 0.1) is 20.8 Å². The van der Waals surface area contributed by atoms with Crippen molar-refractivity contribution in [2.45, 2.75) is 52.8 Å². The van der Waals surface area contributed by atoms with Crippen LogP contribution in [0.4, 0.5) is 26.3 Å². The maximum Gasteiger partial charge on any atom is 0.418 e. The third-order valence-corrected chi connectivity index (χ3v) is 9.00. The summed E-state index contributed by atoms with van der Waals surface area (Å²) in [6.07, 6.45) is -9.25. The van der Waals surface area contributed by atoms with E-state index in [9.17, 15) is 39.3 Å². The van der Waals surface area contributed by atoms with Crippen LogP contribution in [0.3, 0.4) is 0 Å². The lowest BCUT2D eigenvalue weighted by molar-refractivity contribution is -0.138. The standard InChI is InChI=1S/C20H19F6NO4S2/c1-18(33(29,30)14-5-3-4-12(8-14)19(21,22)23)6-7-31-15(10-18)17-16(32(2)28)9-13(11-27-17)20(24,25)26/h3-5,8-9,11,15H,6-7,10H2,1-2H3. The smallest absolute Gasteiger partial charge is 0.418 e. The fourth-order valence-corrected chi connectivity index (χ4v) is 6.20. The second-order valence-electron chi connectivity index (χ2n) is 7.85. The zero-order valence-electron chi connectivity index (χ0n) is 17.3. The van der Waals surface area contributed by atoms with Gasteiger partial charge < -0.3 is 9.29 Å². The Balaban J connectivity index is 2.00. The summed E-state index contributed by atoms with van der Waals surface area (Å²) in [6, 6.07) is 4.03. The van der Waals surface area contributed by atoms with Gasteiger partial charge in [0.15, 0.2) is 14.7 Å². The highest BCUT2D eigenvalue weighted by atomic mass is 32.2. The Morgan fingerprint density at radius 2 is 1.76 bits per heavy atom. The van der Waals surface area contributed by atoms with E-state index in [1.165, 1.54) is 6.92 Å². The molecular weight excluding hydrogens is 496 g/mol. The van der Waals surface area contributed by atoms with Crippen molar-refractivity contribution in [1.82, 2.24) is 4.98 Å². The number of halogens is 6. The van der Waals surface area contributed by atoms with Crippen LogP contribution in [-0.4, -0.2) is 35.6 Å². The highest BCUT2D eigenvalue weighted by Gasteiger charge is 2.47. The van der Waals surface area contributed by atoms with E-state index in [2.05, 4.69) is 4.98 Å². The predicted octanol–water partition coefficient (Wildman–Crippen LogP) is 4.94. The Labute approximate surface area is 189 Å². The average Bonchev–Trinajstić information content (AvgIpc) is 2.72. The summed E-state index contributed by atoms with van der Waals surface area (Å²) in [6.45, 7) is 1.20. The predicted molar refractivity (Wildman–Crippen MR) is 107 cm³/mol. The van der Waals surface area contributed by atoms with Crippen molar-refractivity contribution in [2.75, 3.05) is 12.9 Å². The third kappa shape index (κ3) is 5.15. The molecule has 2 aromatic rings. The highest BCUT2D eigenvalue weighted by Crippen LogP contribution is 2.44. The van der Waals surface area contributed by atoms with Crippen LogP contribution in [0, 0.1) is 0 Å². The number of aromatic nitrogens is 1. The van der Waals surface area contributed by atoms with E-state index < -0.39 is 60.2 Å². The molecule has 33 heavy (non-hydrogen) atoms. The van der Waals surface area contributed by atoms with Gasteiger partial charge >= 0.3 is 12.4 Å². The zero-order chi connectivity index (χ0) is 24.8. The van der Waals surface area contributed by atoms with Crippen molar-refractivity contribution in [3.63, 3.8) is 0 Å². The summed E-state index contributed by atoms with van der Waals surface area (Å²) < 4.78 is 121. The number of benzene rings is 1. The maximum absolute atomic E-state index is 13.3. The SMILES string of the molecule is C[S+]([O-])c1cc(C(F)(F)F)cnc1C1CC(C)(S(=O)(=O)c2cccc(C(F)(F)F)c2)CCO1. The van der Waals surface area contributed by atoms with Crippen LogP contribution in [0.15, 0.2) is 46.3 Å². The molecule has 0 saturated carbocycles. The van der Waals surface area contributed by atoms with E-state index in [1.807, 2.05) is 0 Å². The normalized spacial score (nSPS) is 23.4. The number of alkyl halides is 6. The molecule has 5 nitrogen and oxygen atoms in total. The van der Waals surface area contributed by atoms with Crippen molar-refractivity contribution >= 4 is 21.0 Å². The first kappa shape index (κ1) is 25.8. The topological polar surface area (TPSA) is 79.3 Å². The lowest BCUT2D eigenvalue weighted by atomic mass is 9.94. The summed E-state index contributed by atoms with van der Waals surface area (Å²) >= 11 is -1.90. The molecule has 0 bridgehead atoms. The molecule has 1 aliphatic heterocycles. The van der Waals surface area contributed by atoms with Crippen molar-refractivity contribution in [2.24, 2.45) is 0 Å². The maximum atomic E-state index is 13.3. The number of hydrogen-bond acceptors (Lipinski definition) is 5. The molecular formula is C20H19F6NO4S2. The van der Waals surface area contributed by atoms with Gasteiger partial charge in [0, 0.05) is 18.9 Å².